The number of unbranched alkanes of at least 4 members (excludes halogenated alkanes) is 1. The zero-order valence-electron chi connectivity index (χ0n) is 41.6. The van der Waals surface area contributed by atoms with Crippen LogP contribution in [0.25, 0.3) is 21.6 Å². The molecule has 3 N–H and O–H groups in total. The molecule has 2 fully saturated rings. The van der Waals surface area contributed by atoms with Gasteiger partial charge in [-0.1, -0.05) is 63.2 Å². The van der Waals surface area contributed by atoms with Crippen molar-refractivity contribution in [3.63, 3.8) is 0 Å². The van der Waals surface area contributed by atoms with Crippen LogP contribution >= 0.6 is 23.6 Å². The number of nitrogens with one attached hydrogen (secondary N) is 2. The van der Waals surface area contributed by atoms with Gasteiger partial charge in [0.25, 0.3) is 5.91 Å². The smallest absolute Gasteiger partial charge is 0.417 e. The standard InChI is InChI=1S/C54H58F3N7O7S2/c1-32-24-37(35-14-18-39(19-15-35)64-51(72)63(50(69)53(64,6)7)40-20-16-38(27-58)42(25-40)54(55,56)57)17-21-44(32)71-23-9-8-22-70-30-45(66)61-47(52(3,4)5)49(68)62-29-41(65)26-43(62)48(67)59-28-34-10-12-36(13-11-34)46-33(2)60-31-73-46/h10-21,24-25,31,41,43,47,65H,8-9,22-23,26,28-30H2,1-7H3,(H,59,67)(H,61,66)/t41-,43+,47-/m1/s1. The minimum Gasteiger partial charge on any atom is -0.493 e. The topological polar surface area (TPSA) is 177 Å². The van der Waals surface area contributed by atoms with Crippen molar-refractivity contribution in [2.45, 2.75) is 104 Å². The number of ether oxygens (including phenoxy) is 2. The van der Waals surface area contributed by atoms with Crippen molar-refractivity contribution >= 4 is 63.7 Å². The number of halogens is 3. The second-order valence-corrected chi connectivity index (χ2v) is 21.0. The average molecular weight is 1040 g/mol. The van der Waals surface area contributed by atoms with E-state index in [0.29, 0.717) is 30.9 Å². The average Bonchev–Trinajstić information content (AvgIpc) is 4.01. The van der Waals surface area contributed by atoms with Crippen LogP contribution in [0, 0.1) is 30.6 Å². The second-order valence-electron chi connectivity index (χ2n) is 19.7. The summed E-state index contributed by atoms with van der Waals surface area (Å²) in [5.74, 6) is -1.16. The van der Waals surface area contributed by atoms with Crippen LogP contribution in [-0.4, -0.2) is 93.8 Å². The van der Waals surface area contributed by atoms with E-state index in [2.05, 4.69) is 15.6 Å². The lowest BCUT2D eigenvalue weighted by molar-refractivity contribution is -0.144. The molecule has 0 saturated carbocycles. The molecule has 4 aromatic carbocycles. The Bertz CT molecular complexity index is 2910. The molecule has 384 valence electrons. The quantitative estimate of drug-likeness (QED) is 0.0599. The van der Waals surface area contributed by atoms with E-state index < -0.39 is 64.2 Å². The highest BCUT2D eigenvalue weighted by Crippen LogP contribution is 2.40. The monoisotopic (exact) mass is 1040 g/mol. The number of hydrogen-bond donors (Lipinski definition) is 3. The van der Waals surface area contributed by atoms with Gasteiger partial charge in [-0.05, 0) is 128 Å². The zero-order valence-corrected chi connectivity index (χ0v) is 43.3. The first kappa shape index (κ1) is 54.1. The Morgan fingerprint density at radius 2 is 1.60 bits per heavy atom. The normalized spacial score (nSPS) is 17.2. The summed E-state index contributed by atoms with van der Waals surface area (Å²) in [4.78, 5) is 63.7. The van der Waals surface area contributed by atoms with Crippen LogP contribution in [0.2, 0.25) is 0 Å². The van der Waals surface area contributed by atoms with Crippen molar-refractivity contribution in [2.24, 2.45) is 5.41 Å². The van der Waals surface area contributed by atoms with Crippen molar-refractivity contribution in [1.82, 2.24) is 20.5 Å². The van der Waals surface area contributed by atoms with E-state index in [1.54, 1.807) is 53.8 Å². The fraction of sp³-hybridized carbons (Fsp3) is 0.389. The number of nitrogens with zero attached hydrogens (tertiary/aromatic N) is 5. The molecular formula is C54H58F3N7O7S2. The number of aromatic nitrogens is 1. The molecule has 0 aliphatic carbocycles. The van der Waals surface area contributed by atoms with E-state index in [4.69, 9.17) is 21.7 Å². The number of alkyl halides is 3. The van der Waals surface area contributed by atoms with Gasteiger partial charge in [-0.3, -0.25) is 24.1 Å². The number of hydrogen-bond acceptors (Lipinski definition) is 11. The van der Waals surface area contributed by atoms with E-state index in [1.807, 2.05) is 89.2 Å². The second kappa shape index (κ2) is 22.2. The molecular weight excluding hydrogens is 980 g/mol. The lowest BCUT2D eigenvalue weighted by atomic mass is 9.85. The lowest BCUT2D eigenvalue weighted by Crippen LogP contribution is -2.58. The van der Waals surface area contributed by atoms with Crippen molar-refractivity contribution in [3.8, 4) is 33.4 Å². The van der Waals surface area contributed by atoms with Gasteiger partial charge in [-0.2, -0.15) is 18.4 Å². The van der Waals surface area contributed by atoms with Gasteiger partial charge in [0.2, 0.25) is 17.7 Å². The maximum atomic E-state index is 14.0. The predicted molar refractivity (Wildman–Crippen MR) is 277 cm³/mol. The molecule has 2 aliphatic heterocycles. The first-order valence-electron chi connectivity index (χ1n) is 23.8. The highest BCUT2D eigenvalue weighted by atomic mass is 32.1. The number of amides is 4. The molecule has 0 spiro atoms. The van der Waals surface area contributed by atoms with Crippen molar-refractivity contribution < 1.29 is 46.9 Å². The third kappa shape index (κ3) is 12.2. The highest BCUT2D eigenvalue weighted by molar-refractivity contribution is 7.81. The van der Waals surface area contributed by atoms with Gasteiger partial charge >= 0.3 is 6.18 Å². The number of aliphatic hydroxyl groups is 1. The summed E-state index contributed by atoms with van der Waals surface area (Å²) >= 11 is 7.25. The van der Waals surface area contributed by atoms with Crippen LogP contribution in [0.4, 0.5) is 24.5 Å². The molecule has 3 heterocycles. The first-order chi connectivity index (χ1) is 34.5. The molecule has 4 amide bonds. The van der Waals surface area contributed by atoms with Gasteiger partial charge in [0.1, 0.15) is 30.0 Å². The first-order valence-corrected chi connectivity index (χ1v) is 25.0. The fourth-order valence-corrected chi connectivity index (χ4v) is 10.2. The minimum atomic E-state index is -4.81. The van der Waals surface area contributed by atoms with Crippen molar-refractivity contribution in [1.29, 1.82) is 5.26 Å². The molecule has 73 heavy (non-hydrogen) atoms. The third-order valence-electron chi connectivity index (χ3n) is 12.9. The number of carbonyl (C=O) groups is 4. The summed E-state index contributed by atoms with van der Waals surface area (Å²) in [6, 6.07) is 23.7. The fourth-order valence-electron chi connectivity index (χ4n) is 8.89. The Morgan fingerprint density at radius 3 is 2.23 bits per heavy atom. The number of benzene rings is 4. The SMILES string of the molecule is Cc1cc(-c2ccc(N3C(=S)N(c4ccc(C#N)c(C(F)(F)F)c4)C(=O)C3(C)C)cc2)ccc1OCCCCOCC(=O)N[C@H](C(=O)N1C[C@H](O)C[C@H]1C(=O)NCc1ccc(-c2scnc2C)cc1)C(C)(C)C. The number of carbonyl (C=O) groups excluding carboxylic acids is 4. The zero-order chi connectivity index (χ0) is 53.0. The number of nitriles is 1. The van der Waals surface area contributed by atoms with E-state index in [-0.39, 0.29) is 49.4 Å². The molecule has 7 rings (SSSR count). The number of aryl methyl sites for hydroxylation is 2. The molecule has 5 aromatic rings. The van der Waals surface area contributed by atoms with Gasteiger partial charge in [0, 0.05) is 31.8 Å². The van der Waals surface area contributed by atoms with Crippen LogP contribution in [0.3, 0.4) is 0 Å². The lowest BCUT2D eigenvalue weighted by Gasteiger charge is -2.35. The van der Waals surface area contributed by atoms with Gasteiger partial charge in [-0.15, -0.1) is 11.3 Å². The van der Waals surface area contributed by atoms with Gasteiger partial charge < -0.3 is 35.0 Å². The third-order valence-corrected chi connectivity index (χ3v) is 14.2. The van der Waals surface area contributed by atoms with Crippen LogP contribution in [-0.2, 0) is 36.6 Å². The van der Waals surface area contributed by atoms with E-state index in [1.165, 1.54) is 11.0 Å². The largest absolute Gasteiger partial charge is 0.493 e. The number of β-amino-alcohol motifs (C(OH)–C–C–N with tert-alkyl or cyclic N) is 1. The molecule has 2 aliphatic rings. The van der Waals surface area contributed by atoms with E-state index >= 15 is 0 Å². The van der Waals surface area contributed by atoms with Crippen molar-refractivity contribution in [2.75, 3.05) is 36.2 Å². The predicted octanol–water partition coefficient (Wildman–Crippen LogP) is 8.89. The summed E-state index contributed by atoms with van der Waals surface area (Å²) in [6.45, 7) is 13.2. The molecule has 19 heteroatoms. The van der Waals surface area contributed by atoms with Crippen molar-refractivity contribution in [3.05, 3.63) is 118 Å². The Morgan fingerprint density at radius 1 is 0.945 bits per heavy atom. The van der Waals surface area contributed by atoms with Crippen LogP contribution in [0.15, 0.2) is 90.4 Å². The Hall–Kier alpha value is -6.72. The molecule has 0 unspecified atom stereocenters. The number of anilines is 2. The molecule has 2 saturated heterocycles. The van der Waals surface area contributed by atoms with Gasteiger partial charge in [0.05, 0.1) is 51.7 Å². The highest BCUT2D eigenvalue weighted by Gasteiger charge is 2.51. The molecule has 14 nitrogen and oxygen atoms in total. The summed E-state index contributed by atoms with van der Waals surface area (Å²) in [6.07, 6.45) is -4.39. The van der Waals surface area contributed by atoms with Gasteiger partial charge in [0.15, 0.2) is 5.11 Å². The maximum absolute atomic E-state index is 14.0. The van der Waals surface area contributed by atoms with Crippen LogP contribution in [0.5, 0.6) is 5.75 Å². The maximum Gasteiger partial charge on any atom is 0.417 e. The Balaban J connectivity index is 0.855. The number of likely N-dealkylation sites (tertiary alicyclic amines) is 1. The van der Waals surface area contributed by atoms with E-state index in [0.717, 1.165) is 55.4 Å². The number of rotatable bonds is 17. The minimum absolute atomic E-state index is 0.00374. The van der Waals surface area contributed by atoms with Crippen LogP contribution < -0.4 is 25.2 Å². The molecule has 0 bridgehead atoms. The van der Waals surface area contributed by atoms with Crippen LogP contribution in [0.1, 0.15) is 81.8 Å². The Kier molecular flexibility index (Phi) is 16.4. The number of thiocarbonyl (C=S) groups is 1. The number of aliphatic hydroxyl groups excluding tert-OH is 1. The number of thiazole rings is 1. The summed E-state index contributed by atoms with van der Waals surface area (Å²) in [7, 11) is 0. The Labute approximate surface area is 432 Å². The summed E-state index contributed by atoms with van der Waals surface area (Å²) in [5.41, 5.74) is 4.14. The van der Waals surface area contributed by atoms with Gasteiger partial charge in [-0.25, -0.2) is 4.98 Å². The van der Waals surface area contributed by atoms with E-state index in [9.17, 15) is 42.7 Å². The molecule has 3 atom stereocenters. The molecule has 0 radical (unpaired) electrons. The molecule has 1 aromatic heterocycles. The summed E-state index contributed by atoms with van der Waals surface area (Å²) < 4.78 is 53.1. The summed E-state index contributed by atoms with van der Waals surface area (Å²) in [5, 5.41) is 25.6.